The van der Waals surface area contributed by atoms with E-state index in [0.29, 0.717) is 42.3 Å². The van der Waals surface area contributed by atoms with E-state index in [-0.39, 0.29) is 24.2 Å². The predicted octanol–water partition coefficient (Wildman–Crippen LogP) is 6.09. The van der Waals surface area contributed by atoms with Crippen LogP contribution >= 0.6 is 0 Å². The summed E-state index contributed by atoms with van der Waals surface area (Å²) in [4.78, 5) is 15.6. The van der Waals surface area contributed by atoms with Crippen LogP contribution in [-0.2, 0) is 11.2 Å². The summed E-state index contributed by atoms with van der Waals surface area (Å²) in [5.74, 6) is -0.0447. The maximum atomic E-state index is 15.3. The van der Waals surface area contributed by atoms with Gasteiger partial charge in [0.2, 0.25) is 0 Å². The minimum Gasteiger partial charge on any atom is -0.493 e. The van der Waals surface area contributed by atoms with Crippen molar-refractivity contribution in [2.75, 3.05) is 18.5 Å². The van der Waals surface area contributed by atoms with E-state index < -0.39 is 11.6 Å². The number of rotatable bonds is 9. The number of aryl methyl sites for hydroxylation is 2. The molecule has 0 radical (unpaired) electrons. The largest absolute Gasteiger partial charge is 0.493 e. The molecule has 206 valence electrons. The first-order valence-electron chi connectivity index (χ1n) is 13.4. The van der Waals surface area contributed by atoms with E-state index in [4.69, 9.17) is 14.6 Å². The van der Waals surface area contributed by atoms with Crippen LogP contribution in [-0.4, -0.2) is 40.0 Å². The van der Waals surface area contributed by atoms with E-state index >= 15 is 4.39 Å². The number of ether oxygens (including phenoxy) is 2. The fourth-order valence-corrected chi connectivity index (χ4v) is 5.74. The number of hydrogen-bond acceptors (Lipinski definition) is 6. The summed E-state index contributed by atoms with van der Waals surface area (Å²) in [6.07, 6.45) is 3.65. The second-order valence-electron chi connectivity index (χ2n) is 11.3. The summed E-state index contributed by atoms with van der Waals surface area (Å²) in [5, 5.41) is 22.5. The SMILES string of the molecule is Cc1cc(OCCC(C)(C)O)cc(C)c1-c1ccc(F)c2c1CC[C@H]2Nc1cnc2c(c1)OC[C@H]2CC(=O)O. The molecule has 0 amide bonds. The molecular weight excluding hydrogens is 499 g/mol. The van der Waals surface area contributed by atoms with Crippen molar-refractivity contribution in [2.45, 2.75) is 70.9 Å². The Morgan fingerprint density at radius 3 is 2.67 bits per heavy atom. The zero-order valence-electron chi connectivity index (χ0n) is 22.8. The van der Waals surface area contributed by atoms with Gasteiger partial charge in [0.1, 0.15) is 17.3 Å². The van der Waals surface area contributed by atoms with E-state index in [2.05, 4.69) is 10.3 Å². The Balaban J connectivity index is 1.38. The minimum atomic E-state index is -0.882. The van der Waals surface area contributed by atoms with E-state index in [0.717, 1.165) is 46.4 Å². The number of anilines is 1. The quantitative estimate of drug-likeness (QED) is 0.305. The van der Waals surface area contributed by atoms with Gasteiger partial charge in [-0.25, -0.2) is 4.39 Å². The van der Waals surface area contributed by atoms with Crippen molar-refractivity contribution in [1.29, 1.82) is 0 Å². The topological polar surface area (TPSA) is 101 Å². The molecule has 7 nitrogen and oxygen atoms in total. The third-order valence-corrected chi connectivity index (χ3v) is 7.56. The van der Waals surface area contributed by atoms with Crippen molar-refractivity contribution < 1.29 is 28.9 Å². The number of halogens is 1. The number of benzene rings is 2. The monoisotopic (exact) mass is 534 g/mol. The molecule has 2 aromatic carbocycles. The van der Waals surface area contributed by atoms with Crippen LogP contribution in [0.3, 0.4) is 0 Å². The molecule has 39 heavy (non-hydrogen) atoms. The van der Waals surface area contributed by atoms with Crippen LogP contribution in [0.2, 0.25) is 0 Å². The number of fused-ring (bicyclic) bond motifs is 2. The van der Waals surface area contributed by atoms with Crippen molar-refractivity contribution in [1.82, 2.24) is 4.98 Å². The van der Waals surface area contributed by atoms with Gasteiger partial charge in [0.05, 0.1) is 48.9 Å². The first kappa shape index (κ1) is 26.9. The van der Waals surface area contributed by atoms with Gasteiger partial charge in [-0.3, -0.25) is 9.78 Å². The standard InChI is InChI=1S/C31H35FN2O5/c1-17-11-21(38-10-9-31(3,4)37)12-18(2)28(17)22-5-7-24(32)29-23(22)6-8-25(29)34-20-14-26-30(33-15-20)19(16-39-26)13-27(35)36/h5,7,11-12,14-15,19,25,34,37H,6,8-10,13,16H2,1-4H3,(H,35,36)/t19-,25-/m1/s1. The molecule has 2 heterocycles. The number of nitrogens with zero attached hydrogens (tertiary/aromatic N) is 1. The van der Waals surface area contributed by atoms with Gasteiger partial charge in [0, 0.05) is 24.0 Å². The van der Waals surface area contributed by atoms with Crippen LogP contribution in [0.15, 0.2) is 36.5 Å². The lowest BCUT2D eigenvalue weighted by Gasteiger charge is -2.20. The van der Waals surface area contributed by atoms with Crippen LogP contribution in [0.25, 0.3) is 11.1 Å². The number of carboxylic acids is 1. The second-order valence-corrected chi connectivity index (χ2v) is 11.3. The van der Waals surface area contributed by atoms with Gasteiger partial charge < -0.3 is 25.0 Å². The maximum Gasteiger partial charge on any atom is 0.304 e. The van der Waals surface area contributed by atoms with E-state index in [1.54, 1.807) is 26.1 Å². The highest BCUT2D eigenvalue weighted by Crippen LogP contribution is 2.44. The van der Waals surface area contributed by atoms with Gasteiger partial charge in [0.15, 0.2) is 0 Å². The molecule has 5 rings (SSSR count). The number of aliphatic carboxylic acids is 1. The van der Waals surface area contributed by atoms with Gasteiger partial charge in [-0.1, -0.05) is 6.07 Å². The molecule has 0 spiro atoms. The van der Waals surface area contributed by atoms with Gasteiger partial charge >= 0.3 is 5.97 Å². The van der Waals surface area contributed by atoms with Gasteiger partial charge in [-0.2, -0.15) is 0 Å². The molecule has 1 aliphatic heterocycles. The fourth-order valence-electron chi connectivity index (χ4n) is 5.74. The molecule has 8 heteroatoms. The zero-order chi connectivity index (χ0) is 27.9. The van der Waals surface area contributed by atoms with Crippen molar-refractivity contribution in [3.8, 4) is 22.6 Å². The number of nitrogens with one attached hydrogen (secondary N) is 1. The molecule has 3 aromatic rings. The molecule has 0 bridgehead atoms. The van der Waals surface area contributed by atoms with Crippen molar-refractivity contribution in [2.24, 2.45) is 0 Å². The Kier molecular flexibility index (Phi) is 7.25. The Hall–Kier alpha value is -3.65. The number of aliphatic hydroxyl groups is 1. The summed E-state index contributed by atoms with van der Waals surface area (Å²) in [6, 6.07) is 9.02. The maximum absolute atomic E-state index is 15.3. The highest BCUT2D eigenvalue weighted by molar-refractivity contribution is 5.77. The predicted molar refractivity (Wildman–Crippen MR) is 147 cm³/mol. The Labute approximate surface area is 228 Å². The number of carbonyl (C=O) groups is 1. The number of pyridine rings is 1. The summed E-state index contributed by atoms with van der Waals surface area (Å²) in [6.45, 7) is 8.33. The normalized spacial score (nSPS) is 17.9. The van der Waals surface area contributed by atoms with E-state index in [1.165, 1.54) is 0 Å². The first-order valence-corrected chi connectivity index (χ1v) is 13.4. The van der Waals surface area contributed by atoms with Crippen molar-refractivity contribution in [3.05, 3.63) is 70.3 Å². The number of carboxylic acid groups (broad SMARTS) is 1. The van der Waals surface area contributed by atoms with Crippen molar-refractivity contribution in [3.63, 3.8) is 0 Å². The Morgan fingerprint density at radius 1 is 1.23 bits per heavy atom. The van der Waals surface area contributed by atoms with Gasteiger partial charge in [-0.05, 0) is 86.6 Å². The Morgan fingerprint density at radius 2 is 1.97 bits per heavy atom. The third-order valence-electron chi connectivity index (χ3n) is 7.56. The van der Waals surface area contributed by atoms with Gasteiger partial charge in [-0.15, -0.1) is 0 Å². The van der Waals surface area contributed by atoms with Crippen LogP contribution in [0.1, 0.15) is 73.0 Å². The molecular formula is C31H35FN2O5. The van der Waals surface area contributed by atoms with Crippen LogP contribution in [0.4, 0.5) is 10.1 Å². The highest BCUT2D eigenvalue weighted by atomic mass is 19.1. The lowest BCUT2D eigenvalue weighted by Crippen LogP contribution is -2.21. The lowest BCUT2D eigenvalue weighted by molar-refractivity contribution is -0.137. The lowest BCUT2D eigenvalue weighted by atomic mass is 9.90. The fraction of sp³-hybridized carbons (Fsp3) is 0.419. The molecule has 1 aliphatic carbocycles. The van der Waals surface area contributed by atoms with Crippen molar-refractivity contribution >= 4 is 11.7 Å². The van der Waals surface area contributed by atoms with E-state index in [9.17, 15) is 9.90 Å². The van der Waals surface area contributed by atoms with Crippen LogP contribution in [0, 0.1) is 19.7 Å². The average molecular weight is 535 g/mol. The minimum absolute atomic E-state index is 0.0243. The molecule has 3 N–H and O–H groups in total. The molecule has 0 saturated heterocycles. The smallest absolute Gasteiger partial charge is 0.304 e. The van der Waals surface area contributed by atoms with Crippen LogP contribution < -0.4 is 14.8 Å². The third kappa shape index (κ3) is 5.71. The zero-order valence-corrected chi connectivity index (χ0v) is 22.8. The van der Waals surface area contributed by atoms with E-state index in [1.807, 2.05) is 38.1 Å². The number of aromatic nitrogens is 1. The second kappa shape index (κ2) is 10.5. The molecule has 0 fully saturated rings. The summed E-state index contributed by atoms with van der Waals surface area (Å²) in [5.41, 5.74) is 6.47. The molecule has 2 aliphatic rings. The number of hydrogen-bond donors (Lipinski definition) is 3. The first-order chi connectivity index (χ1) is 18.5. The highest BCUT2D eigenvalue weighted by Gasteiger charge is 2.31. The van der Waals surface area contributed by atoms with Gasteiger partial charge in [0.25, 0.3) is 0 Å². The molecule has 0 saturated carbocycles. The molecule has 1 aromatic heterocycles. The van der Waals surface area contributed by atoms with Crippen LogP contribution in [0.5, 0.6) is 11.5 Å². The average Bonchev–Trinajstić information content (AvgIpc) is 3.44. The summed E-state index contributed by atoms with van der Waals surface area (Å²) < 4.78 is 26.9. The summed E-state index contributed by atoms with van der Waals surface area (Å²) in [7, 11) is 0. The summed E-state index contributed by atoms with van der Waals surface area (Å²) >= 11 is 0. The molecule has 2 atom stereocenters. The Bertz CT molecular complexity index is 1390. The molecule has 0 unspecified atom stereocenters.